The molecule has 1 N–H and O–H groups in total. The van der Waals surface area contributed by atoms with Crippen molar-refractivity contribution < 1.29 is 9.84 Å². The minimum absolute atomic E-state index is 0.199. The molecule has 134 valence electrons. The average molecular weight is 331 g/mol. The van der Waals surface area contributed by atoms with Crippen molar-refractivity contribution in [2.75, 3.05) is 0 Å². The Morgan fingerprint density at radius 3 is 2.67 bits per heavy atom. The fourth-order valence-corrected chi connectivity index (χ4v) is 3.78. The van der Waals surface area contributed by atoms with Crippen LogP contribution in [0.15, 0.2) is 23.8 Å². The molecule has 0 aromatic heterocycles. The number of hydrogen-bond acceptors (Lipinski definition) is 2. The van der Waals surface area contributed by atoms with Crippen LogP contribution >= 0.6 is 0 Å². The van der Waals surface area contributed by atoms with Gasteiger partial charge in [0.2, 0.25) is 0 Å². The first kappa shape index (κ1) is 18.9. The lowest BCUT2D eigenvalue weighted by molar-refractivity contribution is 0.0771. The molecule has 0 radical (unpaired) electrons. The van der Waals surface area contributed by atoms with Gasteiger partial charge in [-0.2, -0.15) is 0 Å². The summed E-state index contributed by atoms with van der Waals surface area (Å²) < 4.78 is 6.23. The van der Waals surface area contributed by atoms with Crippen LogP contribution in [-0.4, -0.2) is 10.7 Å². The molecule has 0 fully saturated rings. The third kappa shape index (κ3) is 4.78. The third-order valence-corrected chi connectivity index (χ3v) is 4.85. The average Bonchev–Trinajstić information content (AvgIpc) is 2.45. The topological polar surface area (TPSA) is 29.5 Å². The number of hydrogen-bond donors (Lipinski definition) is 1. The fourth-order valence-electron chi connectivity index (χ4n) is 3.78. The van der Waals surface area contributed by atoms with Gasteiger partial charge in [-0.05, 0) is 64.2 Å². The Balaban J connectivity index is 2.35. The molecule has 0 amide bonds. The van der Waals surface area contributed by atoms with Crippen molar-refractivity contribution in [3.05, 3.63) is 34.9 Å². The summed E-state index contributed by atoms with van der Waals surface area (Å²) in [4.78, 5) is 0. The molecule has 1 atom stereocenters. The molecule has 1 aromatic carbocycles. The summed E-state index contributed by atoms with van der Waals surface area (Å²) in [5.41, 5.74) is 3.36. The highest BCUT2D eigenvalue weighted by Crippen LogP contribution is 2.47. The Kier molecular flexibility index (Phi) is 6.37. The van der Waals surface area contributed by atoms with Crippen LogP contribution in [0.1, 0.15) is 90.2 Å². The molecular formula is C22H34O2. The van der Waals surface area contributed by atoms with E-state index in [0.29, 0.717) is 5.75 Å². The number of ether oxygens (including phenoxy) is 1. The van der Waals surface area contributed by atoms with Gasteiger partial charge in [-0.15, -0.1) is 0 Å². The number of unbranched alkanes of at least 4 members (excludes halogenated alkanes) is 2. The molecule has 0 saturated heterocycles. The molecule has 24 heavy (non-hydrogen) atoms. The lowest BCUT2D eigenvalue weighted by atomic mass is 9.82. The van der Waals surface area contributed by atoms with E-state index in [1.54, 1.807) is 0 Å². The van der Waals surface area contributed by atoms with E-state index < -0.39 is 0 Å². The number of phenols is 1. The SMILES string of the molecule is CCCCCc1cc(O)c2c(c1)OC(C)(C)CC2C=C(C)CCC. The Bertz CT molecular complexity index is 584. The summed E-state index contributed by atoms with van der Waals surface area (Å²) in [7, 11) is 0. The molecule has 0 bridgehead atoms. The summed E-state index contributed by atoms with van der Waals surface area (Å²) in [5.74, 6) is 1.52. The molecule has 2 nitrogen and oxygen atoms in total. The molecule has 0 aliphatic carbocycles. The van der Waals surface area contributed by atoms with Gasteiger partial charge in [0.25, 0.3) is 0 Å². The fraction of sp³-hybridized carbons (Fsp3) is 0.636. The monoisotopic (exact) mass is 330 g/mol. The number of aryl methyl sites for hydroxylation is 1. The van der Waals surface area contributed by atoms with Crippen LogP contribution in [0, 0.1) is 0 Å². The lowest BCUT2D eigenvalue weighted by Gasteiger charge is -2.37. The van der Waals surface area contributed by atoms with E-state index in [9.17, 15) is 5.11 Å². The molecule has 2 rings (SSSR count). The molecule has 1 aliphatic heterocycles. The van der Waals surface area contributed by atoms with Crippen molar-refractivity contribution in [1.82, 2.24) is 0 Å². The van der Waals surface area contributed by atoms with Crippen LogP contribution in [-0.2, 0) is 6.42 Å². The van der Waals surface area contributed by atoms with Gasteiger partial charge >= 0.3 is 0 Å². The molecule has 1 heterocycles. The standard InChI is InChI=1S/C22H34O2/c1-6-8-9-11-17-13-19(23)21-18(12-16(3)10-7-2)15-22(4,5)24-20(21)14-17/h12-14,18,23H,6-11,15H2,1-5H3. The minimum Gasteiger partial charge on any atom is -0.507 e. The number of rotatable bonds is 7. The van der Waals surface area contributed by atoms with Gasteiger partial charge in [-0.25, -0.2) is 0 Å². The highest BCUT2D eigenvalue weighted by molar-refractivity contribution is 5.52. The van der Waals surface area contributed by atoms with E-state index >= 15 is 0 Å². The van der Waals surface area contributed by atoms with E-state index in [1.165, 1.54) is 24.0 Å². The molecule has 1 aromatic rings. The van der Waals surface area contributed by atoms with Crippen molar-refractivity contribution in [3.8, 4) is 11.5 Å². The van der Waals surface area contributed by atoms with E-state index in [4.69, 9.17) is 4.74 Å². The zero-order valence-electron chi connectivity index (χ0n) is 16.1. The molecule has 1 aliphatic rings. The zero-order valence-corrected chi connectivity index (χ0v) is 16.1. The summed E-state index contributed by atoms with van der Waals surface area (Å²) in [6.45, 7) is 10.9. The Morgan fingerprint density at radius 1 is 1.25 bits per heavy atom. The molecule has 0 saturated carbocycles. The third-order valence-electron chi connectivity index (χ3n) is 4.85. The second kappa shape index (κ2) is 8.09. The summed E-state index contributed by atoms with van der Waals surface area (Å²) in [5, 5.41) is 10.7. The van der Waals surface area contributed by atoms with Crippen LogP contribution in [0.25, 0.3) is 0 Å². The van der Waals surface area contributed by atoms with Crippen molar-refractivity contribution >= 4 is 0 Å². The number of phenolic OH excluding ortho intramolecular Hbond substituents is 1. The Hall–Kier alpha value is -1.44. The van der Waals surface area contributed by atoms with Gasteiger partial charge in [0.05, 0.1) is 0 Å². The Labute approximate surface area is 147 Å². The zero-order chi connectivity index (χ0) is 17.7. The minimum atomic E-state index is -0.199. The maximum Gasteiger partial charge on any atom is 0.127 e. The van der Waals surface area contributed by atoms with Crippen molar-refractivity contribution in [3.63, 3.8) is 0 Å². The second-order valence-corrected chi connectivity index (χ2v) is 7.92. The highest BCUT2D eigenvalue weighted by Gasteiger charge is 2.34. The van der Waals surface area contributed by atoms with E-state index in [0.717, 1.165) is 43.4 Å². The summed E-state index contributed by atoms with van der Waals surface area (Å²) >= 11 is 0. The van der Waals surface area contributed by atoms with Gasteiger partial charge in [0.15, 0.2) is 0 Å². The predicted octanol–water partition coefficient (Wildman–Crippen LogP) is 6.52. The summed E-state index contributed by atoms with van der Waals surface area (Å²) in [6, 6.07) is 4.10. The maximum absolute atomic E-state index is 10.7. The van der Waals surface area contributed by atoms with Gasteiger partial charge in [-0.1, -0.05) is 44.8 Å². The van der Waals surface area contributed by atoms with Crippen molar-refractivity contribution in [2.24, 2.45) is 0 Å². The normalized spacial score (nSPS) is 19.7. The van der Waals surface area contributed by atoms with E-state index in [1.807, 2.05) is 6.07 Å². The lowest BCUT2D eigenvalue weighted by Crippen LogP contribution is -2.34. The maximum atomic E-state index is 10.7. The van der Waals surface area contributed by atoms with Gasteiger partial charge < -0.3 is 9.84 Å². The van der Waals surface area contributed by atoms with Crippen LogP contribution in [0.4, 0.5) is 0 Å². The quantitative estimate of drug-likeness (QED) is 0.456. The van der Waals surface area contributed by atoms with E-state index in [2.05, 4.69) is 46.8 Å². The number of aromatic hydroxyl groups is 1. The highest BCUT2D eigenvalue weighted by atomic mass is 16.5. The largest absolute Gasteiger partial charge is 0.507 e. The smallest absolute Gasteiger partial charge is 0.127 e. The van der Waals surface area contributed by atoms with Crippen LogP contribution < -0.4 is 4.74 Å². The molecule has 1 unspecified atom stereocenters. The van der Waals surface area contributed by atoms with E-state index in [-0.39, 0.29) is 11.5 Å². The first-order chi connectivity index (χ1) is 11.4. The number of benzene rings is 1. The van der Waals surface area contributed by atoms with Gasteiger partial charge in [0.1, 0.15) is 17.1 Å². The van der Waals surface area contributed by atoms with Crippen LogP contribution in [0.5, 0.6) is 11.5 Å². The second-order valence-electron chi connectivity index (χ2n) is 7.92. The number of fused-ring (bicyclic) bond motifs is 1. The van der Waals surface area contributed by atoms with Gasteiger partial charge in [-0.3, -0.25) is 0 Å². The summed E-state index contributed by atoms with van der Waals surface area (Å²) in [6.07, 6.45) is 10.1. The molecular weight excluding hydrogens is 296 g/mol. The predicted molar refractivity (Wildman–Crippen MR) is 102 cm³/mol. The molecule has 2 heteroatoms. The van der Waals surface area contributed by atoms with Crippen LogP contribution in [0.3, 0.4) is 0 Å². The van der Waals surface area contributed by atoms with Crippen molar-refractivity contribution in [2.45, 2.75) is 91.1 Å². The van der Waals surface area contributed by atoms with Gasteiger partial charge in [0, 0.05) is 11.5 Å². The first-order valence-corrected chi connectivity index (χ1v) is 9.58. The Morgan fingerprint density at radius 2 is 2.00 bits per heavy atom. The van der Waals surface area contributed by atoms with Crippen LogP contribution in [0.2, 0.25) is 0 Å². The first-order valence-electron chi connectivity index (χ1n) is 9.58. The van der Waals surface area contributed by atoms with Crippen molar-refractivity contribution in [1.29, 1.82) is 0 Å². The number of allylic oxidation sites excluding steroid dienone is 2. The molecule has 0 spiro atoms.